The third kappa shape index (κ3) is 2.31. The van der Waals surface area contributed by atoms with Crippen LogP contribution in [0.3, 0.4) is 0 Å². The number of carbonyl (C=O) groups is 1. The Morgan fingerprint density at radius 2 is 2.17 bits per heavy atom. The van der Waals surface area contributed by atoms with Crippen LogP contribution in [0, 0.1) is 0 Å². The van der Waals surface area contributed by atoms with Crippen LogP contribution in [0.25, 0.3) is 5.65 Å². The number of H-pyrrole nitrogens is 1. The molecule has 1 aliphatic heterocycles. The topological polar surface area (TPSA) is 70.5 Å². The Hall–Kier alpha value is -2.60. The molecule has 3 heterocycles. The molecule has 0 atom stereocenters. The van der Waals surface area contributed by atoms with Crippen LogP contribution in [0.5, 0.6) is 0 Å². The van der Waals surface area contributed by atoms with Gasteiger partial charge in [-0.3, -0.25) is 14.7 Å². The van der Waals surface area contributed by atoms with Gasteiger partial charge in [-0.2, -0.15) is 0 Å². The SMILES string of the molecule is O=C(c1cccc(Cl)c1)N1CCc2nc3cc[nH]n3c(=O)c2C1. The molecule has 6 nitrogen and oxygen atoms in total. The van der Waals surface area contributed by atoms with Crippen molar-refractivity contribution in [3.05, 3.63) is 68.7 Å². The zero-order valence-corrected chi connectivity index (χ0v) is 12.9. The van der Waals surface area contributed by atoms with Gasteiger partial charge >= 0.3 is 0 Å². The number of hydrogen-bond acceptors (Lipinski definition) is 3. The van der Waals surface area contributed by atoms with Crippen LogP contribution < -0.4 is 5.56 Å². The number of nitrogens with zero attached hydrogens (tertiary/aromatic N) is 3. The van der Waals surface area contributed by atoms with E-state index in [1.807, 2.05) is 0 Å². The lowest BCUT2D eigenvalue weighted by atomic mass is 10.1. The Balaban J connectivity index is 1.71. The van der Waals surface area contributed by atoms with Gasteiger partial charge < -0.3 is 4.90 Å². The van der Waals surface area contributed by atoms with Crippen molar-refractivity contribution in [1.29, 1.82) is 0 Å². The highest BCUT2D eigenvalue weighted by Crippen LogP contribution is 2.19. The number of aromatic amines is 1. The number of rotatable bonds is 1. The van der Waals surface area contributed by atoms with Gasteiger partial charge in [0.2, 0.25) is 0 Å². The summed E-state index contributed by atoms with van der Waals surface area (Å²) in [7, 11) is 0. The Morgan fingerprint density at radius 1 is 1.30 bits per heavy atom. The van der Waals surface area contributed by atoms with Crippen LogP contribution >= 0.6 is 11.6 Å². The lowest BCUT2D eigenvalue weighted by Gasteiger charge is -2.27. The quantitative estimate of drug-likeness (QED) is 0.741. The molecule has 0 fully saturated rings. The number of amides is 1. The van der Waals surface area contributed by atoms with Crippen molar-refractivity contribution < 1.29 is 4.79 Å². The summed E-state index contributed by atoms with van der Waals surface area (Å²) >= 11 is 5.95. The zero-order chi connectivity index (χ0) is 16.0. The molecule has 23 heavy (non-hydrogen) atoms. The fourth-order valence-electron chi connectivity index (χ4n) is 2.89. The average molecular weight is 329 g/mol. The van der Waals surface area contributed by atoms with E-state index >= 15 is 0 Å². The molecule has 1 aliphatic rings. The maximum atomic E-state index is 12.6. The summed E-state index contributed by atoms with van der Waals surface area (Å²) in [6.07, 6.45) is 2.24. The van der Waals surface area contributed by atoms with Crippen molar-refractivity contribution in [3.63, 3.8) is 0 Å². The first-order chi connectivity index (χ1) is 11.1. The summed E-state index contributed by atoms with van der Waals surface area (Å²) in [6, 6.07) is 8.58. The van der Waals surface area contributed by atoms with Gasteiger partial charge in [0.05, 0.1) is 17.8 Å². The molecule has 0 radical (unpaired) electrons. The molecular weight excluding hydrogens is 316 g/mol. The second-order valence-corrected chi connectivity index (χ2v) is 5.92. The largest absolute Gasteiger partial charge is 0.334 e. The predicted octanol–water partition coefficient (Wildman–Crippen LogP) is 1.87. The van der Waals surface area contributed by atoms with E-state index in [1.54, 1.807) is 41.4 Å². The molecule has 1 aromatic carbocycles. The fourth-order valence-corrected chi connectivity index (χ4v) is 3.09. The third-order valence-electron chi connectivity index (χ3n) is 4.05. The number of halogens is 1. The summed E-state index contributed by atoms with van der Waals surface area (Å²) in [5.74, 6) is -0.130. The van der Waals surface area contributed by atoms with Crippen molar-refractivity contribution in [2.75, 3.05) is 6.54 Å². The van der Waals surface area contributed by atoms with E-state index in [0.717, 1.165) is 5.69 Å². The molecular formula is C16H13ClN4O2. The van der Waals surface area contributed by atoms with Crippen molar-refractivity contribution in [3.8, 4) is 0 Å². The van der Waals surface area contributed by atoms with Gasteiger partial charge in [0, 0.05) is 35.8 Å². The third-order valence-corrected chi connectivity index (χ3v) is 4.29. The average Bonchev–Trinajstić information content (AvgIpc) is 3.03. The molecule has 0 spiro atoms. The molecule has 1 N–H and O–H groups in total. The van der Waals surface area contributed by atoms with Gasteiger partial charge in [0.25, 0.3) is 11.5 Å². The van der Waals surface area contributed by atoms with Crippen LogP contribution in [0.1, 0.15) is 21.6 Å². The first kappa shape index (κ1) is 14.0. The zero-order valence-electron chi connectivity index (χ0n) is 12.1. The molecule has 116 valence electrons. The standard InChI is InChI=1S/C16H13ClN4O2/c17-11-3-1-2-10(8-11)15(22)20-7-5-13-12(9-20)16(23)21-14(19-13)4-6-18-21/h1-4,6,8,18H,5,7,9H2. The molecule has 0 aliphatic carbocycles. The molecule has 0 saturated heterocycles. The van der Waals surface area contributed by atoms with Crippen molar-refractivity contribution >= 4 is 23.2 Å². The molecule has 4 rings (SSSR count). The molecule has 0 saturated carbocycles. The van der Waals surface area contributed by atoms with E-state index < -0.39 is 0 Å². The monoisotopic (exact) mass is 328 g/mol. The van der Waals surface area contributed by atoms with Gasteiger partial charge in [-0.25, -0.2) is 9.50 Å². The smallest absolute Gasteiger partial charge is 0.277 e. The maximum absolute atomic E-state index is 12.6. The lowest BCUT2D eigenvalue weighted by Crippen LogP contribution is -2.40. The van der Waals surface area contributed by atoms with Crippen molar-refractivity contribution in [1.82, 2.24) is 19.5 Å². The van der Waals surface area contributed by atoms with Crippen LogP contribution in [-0.2, 0) is 13.0 Å². The normalized spacial score (nSPS) is 14.0. The fraction of sp³-hybridized carbons (Fsp3) is 0.188. The summed E-state index contributed by atoms with van der Waals surface area (Å²) < 4.78 is 1.40. The van der Waals surface area contributed by atoms with Crippen LogP contribution in [-0.4, -0.2) is 31.9 Å². The summed E-state index contributed by atoms with van der Waals surface area (Å²) in [4.78, 5) is 31.3. The molecule has 7 heteroatoms. The number of benzene rings is 1. The van der Waals surface area contributed by atoms with Crippen LogP contribution in [0.15, 0.2) is 41.3 Å². The first-order valence-electron chi connectivity index (χ1n) is 7.26. The van der Waals surface area contributed by atoms with Gasteiger partial charge in [0.1, 0.15) is 0 Å². The predicted molar refractivity (Wildman–Crippen MR) is 85.7 cm³/mol. The number of carbonyl (C=O) groups excluding carboxylic acids is 1. The highest BCUT2D eigenvalue weighted by molar-refractivity contribution is 6.30. The van der Waals surface area contributed by atoms with E-state index in [2.05, 4.69) is 10.1 Å². The summed E-state index contributed by atoms with van der Waals surface area (Å²) in [6.45, 7) is 0.792. The molecule has 0 unspecified atom stereocenters. The maximum Gasteiger partial charge on any atom is 0.277 e. The Labute approximate surface area is 136 Å². The van der Waals surface area contributed by atoms with E-state index in [9.17, 15) is 9.59 Å². The summed E-state index contributed by atoms with van der Waals surface area (Å²) in [5.41, 5.74) is 2.30. The Bertz CT molecular complexity index is 976. The lowest BCUT2D eigenvalue weighted by molar-refractivity contribution is 0.0732. The van der Waals surface area contributed by atoms with Crippen LogP contribution in [0.4, 0.5) is 0 Å². The number of fused-ring (bicyclic) bond motifs is 2. The van der Waals surface area contributed by atoms with Gasteiger partial charge in [-0.1, -0.05) is 17.7 Å². The highest BCUT2D eigenvalue weighted by Gasteiger charge is 2.25. The first-order valence-corrected chi connectivity index (χ1v) is 7.64. The summed E-state index contributed by atoms with van der Waals surface area (Å²) in [5, 5.41) is 3.36. The Morgan fingerprint density at radius 3 is 3.00 bits per heavy atom. The van der Waals surface area contributed by atoms with Gasteiger partial charge in [-0.05, 0) is 18.2 Å². The van der Waals surface area contributed by atoms with Crippen molar-refractivity contribution in [2.45, 2.75) is 13.0 Å². The minimum Gasteiger partial charge on any atom is -0.334 e. The Kier molecular flexibility index (Phi) is 3.20. The number of hydrogen-bond donors (Lipinski definition) is 1. The number of nitrogens with one attached hydrogen (secondary N) is 1. The second kappa shape index (κ2) is 5.24. The van der Waals surface area contributed by atoms with Gasteiger partial charge in [-0.15, -0.1) is 0 Å². The molecule has 1 amide bonds. The minimum absolute atomic E-state index is 0.130. The molecule has 3 aromatic rings. The van der Waals surface area contributed by atoms with E-state index in [-0.39, 0.29) is 18.0 Å². The van der Waals surface area contributed by atoms with E-state index in [1.165, 1.54) is 4.52 Å². The molecule has 2 aromatic heterocycles. The molecule has 0 bridgehead atoms. The van der Waals surface area contributed by atoms with Crippen molar-refractivity contribution in [2.24, 2.45) is 0 Å². The minimum atomic E-state index is -0.154. The number of aromatic nitrogens is 3. The highest BCUT2D eigenvalue weighted by atomic mass is 35.5. The van der Waals surface area contributed by atoms with Gasteiger partial charge in [0.15, 0.2) is 5.65 Å². The van der Waals surface area contributed by atoms with E-state index in [4.69, 9.17) is 11.6 Å². The van der Waals surface area contributed by atoms with E-state index in [0.29, 0.717) is 34.8 Å². The van der Waals surface area contributed by atoms with Crippen LogP contribution in [0.2, 0.25) is 5.02 Å². The second-order valence-electron chi connectivity index (χ2n) is 5.49.